The zero-order chi connectivity index (χ0) is 33.9. The van der Waals surface area contributed by atoms with Gasteiger partial charge in [0, 0.05) is 24.5 Å². The highest BCUT2D eigenvalue weighted by molar-refractivity contribution is 5.42. The number of aromatic nitrogens is 2. The molecule has 5 rings (SSSR count). The van der Waals surface area contributed by atoms with E-state index in [1.54, 1.807) is 18.3 Å². The zero-order valence-electron chi connectivity index (χ0n) is 28.4. The highest BCUT2D eigenvalue weighted by atomic mass is 16.5. The third-order valence-corrected chi connectivity index (χ3v) is 10.9. The molecule has 260 valence electrons. The Morgan fingerprint density at radius 1 is 1.08 bits per heavy atom. The van der Waals surface area contributed by atoms with Crippen molar-refractivity contribution in [1.82, 2.24) is 9.97 Å². The van der Waals surface area contributed by atoms with Crippen LogP contribution in [0.4, 0.5) is 5.82 Å². The Kier molecular flexibility index (Phi) is 12.9. The standard InChI is InChI=1S/C40H54N3O5/c1-2-28-10-4-5-13-34(45)32(12-8-11-28)35(46)17-15-29-16-18-36(47)37(24-29)48-31(27-44)26-33(30-19-23-43-39(41)25-30)40(20-6-3-7-21-40)38-14-9-22-42-38/h9,14,16,18-19,22-25,28,31-35,44-47H,2-7,10,12-13,15,17,20-21,26-27H2,1H3,(H2,41,43)/q-1. The van der Waals surface area contributed by atoms with E-state index in [4.69, 9.17) is 15.5 Å². The minimum absolute atomic E-state index is 0.00366. The SMILES string of the molecule is CCC1C#CCC(C(O)CCc2ccc(O)c(OC(CO)CC(c3ccnc(N)c3)C3(c4ccc[n-]4)CCCCC3)c2)C(O)CCCC1. The van der Waals surface area contributed by atoms with Crippen molar-refractivity contribution in [3.63, 3.8) is 0 Å². The number of nitrogens with two attached hydrogens (primary N) is 1. The Bertz CT molecular complexity index is 1480. The Balaban J connectivity index is 1.32. The predicted octanol–water partition coefficient (Wildman–Crippen LogP) is 6.41. The summed E-state index contributed by atoms with van der Waals surface area (Å²) in [5, 5.41) is 43.6. The molecule has 1 fully saturated rings. The maximum atomic E-state index is 11.2. The Hall–Kier alpha value is -3.51. The summed E-state index contributed by atoms with van der Waals surface area (Å²) >= 11 is 0. The van der Waals surface area contributed by atoms with Crippen LogP contribution in [0.2, 0.25) is 0 Å². The number of hydrogen-bond donors (Lipinski definition) is 5. The van der Waals surface area contributed by atoms with Gasteiger partial charge in [0.05, 0.1) is 18.8 Å². The topological polar surface area (TPSA) is 143 Å². The van der Waals surface area contributed by atoms with Crippen molar-refractivity contribution in [3.05, 3.63) is 71.7 Å². The summed E-state index contributed by atoms with van der Waals surface area (Å²) in [5.74, 6) is 7.41. The fourth-order valence-electron chi connectivity index (χ4n) is 8.05. The first kappa shape index (κ1) is 35.8. The number of pyridine rings is 1. The minimum Gasteiger partial charge on any atom is -0.667 e. The van der Waals surface area contributed by atoms with Crippen molar-refractivity contribution in [2.24, 2.45) is 11.8 Å². The molecule has 48 heavy (non-hydrogen) atoms. The van der Waals surface area contributed by atoms with Gasteiger partial charge >= 0.3 is 0 Å². The molecular weight excluding hydrogens is 602 g/mol. The normalized spacial score (nSPS) is 23.3. The number of nitrogen functional groups attached to an aromatic ring is 1. The number of aryl methyl sites for hydroxylation is 1. The van der Waals surface area contributed by atoms with E-state index in [2.05, 4.69) is 29.8 Å². The van der Waals surface area contributed by atoms with Gasteiger partial charge in [0.15, 0.2) is 11.5 Å². The molecule has 0 amide bonds. The van der Waals surface area contributed by atoms with E-state index in [1.807, 2.05) is 30.5 Å². The fourth-order valence-corrected chi connectivity index (χ4v) is 8.05. The number of anilines is 1. The molecule has 2 heterocycles. The fraction of sp³-hybridized carbons (Fsp3) is 0.575. The number of aliphatic hydroxyl groups is 3. The molecular formula is C40H54N3O5-. The van der Waals surface area contributed by atoms with Gasteiger partial charge in [0.1, 0.15) is 11.9 Å². The van der Waals surface area contributed by atoms with E-state index in [1.165, 1.54) is 6.42 Å². The van der Waals surface area contributed by atoms with Gasteiger partial charge in [-0.1, -0.05) is 63.1 Å². The third kappa shape index (κ3) is 8.93. The van der Waals surface area contributed by atoms with Crippen LogP contribution in [0.25, 0.3) is 0 Å². The highest BCUT2D eigenvalue weighted by Crippen LogP contribution is 2.51. The zero-order valence-corrected chi connectivity index (χ0v) is 28.4. The van der Waals surface area contributed by atoms with Gasteiger partial charge < -0.3 is 35.9 Å². The van der Waals surface area contributed by atoms with Crippen LogP contribution >= 0.6 is 0 Å². The van der Waals surface area contributed by atoms with Crippen molar-refractivity contribution in [2.45, 2.75) is 126 Å². The quantitative estimate of drug-likeness (QED) is 0.133. The van der Waals surface area contributed by atoms with Gasteiger partial charge in [-0.3, -0.25) is 0 Å². The summed E-state index contributed by atoms with van der Waals surface area (Å²) in [6, 6.07) is 13.3. The van der Waals surface area contributed by atoms with Crippen LogP contribution in [0.1, 0.15) is 113 Å². The second kappa shape index (κ2) is 17.2. The summed E-state index contributed by atoms with van der Waals surface area (Å²) in [6.45, 7) is 1.93. The van der Waals surface area contributed by atoms with E-state index in [-0.39, 0.29) is 29.6 Å². The molecule has 0 bridgehead atoms. The molecule has 8 heteroatoms. The third-order valence-electron chi connectivity index (χ3n) is 10.9. The van der Waals surface area contributed by atoms with Crippen molar-refractivity contribution in [2.75, 3.05) is 12.3 Å². The molecule has 1 saturated carbocycles. The molecule has 6 unspecified atom stereocenters. The first-order chi connectivity index (χ1) is 23.3. The lowest BCUT2D eigenvalue weighted by molar-refractivity contribution is 0.00559. The maximum absolute atomic E-state index is 11.2. The predicted molar refractivity (Wildman–Crippen MR) is 189 cm³/mol. The van der Waals surface area contributed by atoms with Crippen LogP contribution < -0.4 is 15.5 Å². The number of aliphatic hydroxyl groups excluding tert-OH is 3. The number of phenolic OH excluding ortho intramolecular Hbond substituents is 1. The lowest BCUT2D eigenvalue weighted by atomic mass is 9.60. The monoisotopic (exact) mass is 656 g/mol. The van der Waals surface area contributed by atoms with Gasteiger partial charge in [0.25, 0.3) is 0 Å². The van der Waals surface area contributed by atoms with Gasteiger partial charge in [-0.25, -0.2) is 4.98 Å². The van der Waals surface area contributed by atoms with E-state index in [0.29, 0.717) is 49.6 Å². The van der Waals surface area contributed by atoms with Gasteiger partial charge in [-0.2, -0.15) is 11.9 Å². The number of phenols is 1. The van der Waals surface area contributed by atoms with Crippen LogP contribution in [-0.4, -0.2) is 50.3 Å². The Labute approximate surface area is 286 Å². The van der Waals surface area contributed by atoms with Crippen molar-refractivity contribution >= 4 is 5.82 Å². The van der Waals surface area contributed by atoms with E-state index >= 15 is 0 Å². The van der Waals surface area contributed by atoms with E-state index < -0.39 is 18.3 Å². The molecule has 3 aromatic rings. The molecule has 6 N–H and O–H groups in total. The van der Waals surface area contributed by atoms with Crippen LogP contribution in [0.3, 0.4) is 0 Å². The van der Waals surface area contributed by atoms with Gasteiger partial charge in [-0.15, -0.1) is 5.92 Å². The summed E-state index contributed by atoms with van der Waals surface area (Å²) in [6.07, 6.45) is 13.7. The van der Waals surface area contributed by atoms with Gasteiger partial charge in [0.2, 0.25) is 0 Å². The highest BCUT2D eigenvalue weighted by Gasteiger charge is 2.41. The Morgan fingerprint density at radius 3 is 2.62 bits per heavy atom. The second-order valence-electron chi connectivity index (χ2n) is 14.0. The second-order valence-corrected chi connectivity index (χ2v) is 14.0. The lowest BCUT2D eigenvalue weighted by Crippen LogP contribution is -2.40. The average molecular weight is 657 g/mol. The summed E-state index contributed by atoms with van der Waals surface area (Å²) in [5.41, 5.74) is 8.93. The Morgan fingerprint density at radius 2 is 1.90 bits per heavy atom. The molecule has 0 saturated heterocycles. The number of nitrogens with zero attached hydrogens (tertiary/aromatic N) is 2. The maximum Gasteiger partial charge on any atom is 0.161 e. The van der Waals surface area contributed by atoms with E-state index in [9.17, 15) is 20.4 Å². The van der Waals surface area contributed by atoms with Crippen LogP contribution in [0.5, 0.6) is 11.5 Å². The van der Waals surface area contributed by atoms with E-state index in [0.717, 1.165) is 68.2 Å². The minimum atomic E-state index is -0.706. The molecule has 1 aromatic carbocycles. The largest absolute Gasteiger partial charge is 0.667 e. The summed E-state index contributed by atoms with van der Waals surface area (Å²) in [7, 11) is 0. The molecule has 2 aliphatic carbocycles. The van der Waals surface area contributed by atoms with Crippen LogP contribution in [-0.2, 0) is 11.8 Å². The smallest absolute Gasteiger partial charge is 0.161 e. The van der Waals surface area contributed by atoms with Crippen molar-refractivity contribution in [1.29, 1.82) is 0 Å². The van der Waals surface area contributed by atoms with Crippen molar-refractivity contribution < 1.29 is 25.2 Å². The van der Waals surface area contributed by atoms with Crippen molar-refractivity contribution in [3.8, 4) is 23.3 Å². The molecule has 2 aromatic heterocycles. The molecule has 6 atom stereocenters. The van der Waals surface area contributed by atoms with Gasteiger partial charge in [-0.05, 0) is 98.1 Å². The molecule has 0 spiro atoms. The first-order valence-electron chi connectivity index (χ1n) is 18.1. The molecule has 8 nitrogen and oxygen atoms in total. The number of rotatable bonds is 13. The average Bonchev–Trinajstić information content (AvgIpc) is 3.66. The number of aromatic hydroxyl groups is 1. The van der Waals surface area contributed by atoms with Crippen LogP contribution in [0, 0.1) is 23.7 Å². The molecule has 0 radical (unpaired) electrons. The molecule has 0 aliphatic heterocycles. The summed E-state index contributed by atoms with van der Waals surface area (Å²) in [4.78, 5) is 9.03. The summed E-state index contributed by atoms with van der Waals surface area (Å²) < 4.78 is 6.40. The number of benzene rings is 1. The number of hydrogen-bond acceptors (Lipinski definition) is 7. The lowest BCUT2D eigenvalue weighted by Gasteiger charge is -2.48. The van der Waals surface area contributed by atoms with Crippen LogP contribution in [0.15, 0.2) is 54.9 Å². The molecule has 2 aliphatic rings. The number of ether oxygens (including phenoxy) is 1. The first-order valence-corrected chi connectivity index (χ1v) is 18.1.